The number of aromatic nitrogens is 2. The summed E-state index contributed by atoms with van der Waals surface area (Å²) in [6.45, 7) is 3.52. The average molecular weight is 376 g/mol. The first-order chi connectivity index (χ1) is 11.3. The summed E-state index contributed by atoms with van der Waals surface area (Å²) in [5.41, 5.74) is 1.50. The Kier molecular flexibility index (Phi) is 4.92. The highest BCUT2D eigenvalue weighted by Crippen LogP contribution is 2.43. The molecule has 1 saturated heterocycles. The van der Waals surface area contributed by atoms with Crippen LogP contribution in [0.3, 0.4) is 0 Å². The average Bonchev–Trinajstić information content (AvgIpc) is 3.02. The molecule has 0 amide bonds. The van der Waals surface area contributed by atoms with Crippen LogP contribution in [-0.2, 0) is 4.74 Å². The predicted octanol–water partition coefficient (Wildman–Crippen LogP) is 1.84. The number of fused-ring (bicyclic) bond motifs is 1. The van der Waals surface area contributed by atoms with E-state index < -0.39 is 31.0 Å². The first-order valence-corrected chi connectivity index (χ1v) is 8.35. The van der Waals surface area contributed by atoms with Crippen LogP contribution in [0.15, 0.2) is 6.07 Å². The molecule has 132 valence electrons. The number of aliphatic hydroxyl groups excluding tert-OH is 3. The van der Waals surface area contributed by atoms with Gasteiger partial charge in [0.2, 0.25) is 5.95 Å². The number of benzene rings is 1. The van der Waals surface area contributed by atoms with E-state index in [1.165, 1.54) is 0 Å². The Morgan fingerprint density at radius 2 is 2.04 bits per heavy atom. The Morgan fingerprint density at radius 3 is 2.62 bits per heavy atom. The standard InChI is InChI=1S/C15H19Cl2N3O4/c1-5(2)18-15-19-7-3-6(16)10(17)9(11(7)20-15)14-13(23)12(22)8(4-21)24-14/h3,5,8,12-14,21-23H,4H2,1-2H3,(H2,18,19,20)/t8-,12-,13-,14+/m0/s1. The molecule has 0 unspecified atom stereocenters. The smallest absolute Gasteiger partial charge is 0.201 e. The summed E-state index contributed by atoms with van der Waals surface area (Å²) in [5.74, 6) is 0.534. The number of aromatic amines is 1. The number of hydrogen-bond donors (Lipinski definition) is 5. The van der Waals surface area contributed by atoms with E-state index in [4.69, 9.17) is 27.9 Å². The van der Waals surface area contributed by atoms with Crippen molar-refractivity contribution >= 4 is 40.2 Å². The molecule has 1 aliphatic rings. The van der Waals surface area contributed by atoms with Crippen molar-refractivity contribution < 1.29 is 20.1 Å². The van der Waals surface area contributed by atoms with E-state index in [9.17, 15) is 15.3 Å². The zero-order chi connectivity index (χ0) is 17.6. The van der Waals surface area contributed by atoms with Crippen LogP contribution in [0.2, 0.25) is 10.0 Å². The molecule has 7 nitrogen and oxygen atoms in total. The summed E-state index contributed by atoms with van der Waals surface area (Å²) in [6.07, 6.45) is -4.32. The van der Waals surface area contributed by atoms with Gasteiger partial charge < -0.3 is 30.4 Å². The van der Waals surface area contributed by atoms with Gasteiger partial charge in [0.15, 0.2) is 0 Å². The van der Waals surface area contributed by atoms with Gasteiger partial charge in [0.1, 0.15) is 24.4 Å². The molecule has 4 atom stereocenters. The van der Waals surface area contributed by atoms with Gasteiger partial charge in [-0.25, -0.2) is 4.98 Å². The number of halogens is 2. The first kappa shape index (κ1) is 17.7. The summed E-state index contributed by atoms with van der Waals surface area (Å²) in [7, 11) is 0. The number of H-pyrrole nitrogens is 1. The lowest BCUT2D eigenvalue weighted by Crippen LogP contribution is -2.32. The van der Waals surface area contributed by atoms with Crippen LogP contribution in [0, 0.1) is 0 Å². The van der Waals surface area contributed by atoms with Crippen molar-refractivity contribution in [3.05, 3.63) is 21.7 Å². The fourth-order valence-electron chi connectivity index (χ4n) is 2.86. The molecule has 0 saturated carbocycles. The molecule has 0 radical (unpaired) electrons. The van der Waals surface area contributed by atoms with Crippen LogP contribution in [-0.4, -0.2) is 56.2 Å². The molecule has 0 bridgehead atoms. The van der Waals surface area contributed by atoms with Gasteiger partial charge in [-0.1, -0.05) is 23.2 Å². The molecule has 5 N–H and O–H groups in total. The van der Waals surface area contributed by atoms with Gasteiger partial charge in [0.05, 0.1) is 27.7 Å². The maximum Gasteiger partial charge on any atom is 0.201 e. The van der Waals surface area contributed by atoms with Gasteiger partial charge in [-0.15, -0.1) is 0 Å². The highest BCUT2D eigenvalue weighted by atomic mass is 35.5. The summed E-state index contributed by atoms with van der Waals surface area (Å²) in [5, 5.41) is 33.2. The summed E-state index contributed by atoms with van der Waals surface area (Å²) in [6, 6.07) is 1.80. The van der Waals surface area contributed by atoms with Crippen molar-refractivity contribution in [1.29, 1.82) is 0 Å². The van der Waals surface area contributed by atoms with Gasteiger partial charge in [0.25, 0.3) is 0 Å². The third-order valence-corrected chi connectivity index (χ3v) is 4.76. The molecule has 9 heteroatoms. The number of anilines is 1. The van der Waals surface area contributed by atoms with E-state index in [-0.39, 0.29) is 16.1 Å². The lowest BCUT2D eigenvalue weighted by atomic mass is 10.00. The van der Waals surface area contributed by atoms with Crippen molar-refractivity contribution in [2.75, 3.05) is 11.9 Å². The Morgan fingerprint density at radius 1 is 1.33 bits per heavy atom. The van der Waals surface area contributed by atoms with E-state index in [1.807, 2.05) is 13.8 Å². The number of nitrogens with zero attached hydrogens (tertiary/aromatic N) is 1. The summed E-state index contributed by atoms with van der Waals surface area (Å²) >= 11 is 12.5. The normalized spacial score (nSPS) is 27.3. The minimum atomic E-state index is -1.25. The van der Waals surface area contributed by atoms with Crippen LogP contribution in [0.4, 0.5) is 5.95 Å². The first-order valence-electron chi connectivity index (χ1n) is 7.60. The molecule has 1 fully saturated rings. The van der Waals surface area contributed by atoms with Crippen molar-refractivity contribution in [3.8, 4) is 0 Å². The Balaban J connectivity index is 2.12. The maximum atomic E-state index is 10.3. The summed E-state index contributed by atoms with van der Waals surface area (Å²) in [4.78, 5) is 7.56. The minimum absolute atomic E-state index is 0.161. The number of ether oxygens (including phenoxy) is 1. The lowest BCUT2D eigenvalue weighted by molar-refractivity contribution is -0.0223. The van der Waals surface area contributed by atoms with Crippen molar-refractivity contribution in [2.45, 2.75) is 44.3 Å². The topological polar surface area (TPSA) is 111 Å². The molecule has 0 aliphatic carbocycles. The SMILES string of the molecule is CC(C)Nc1nc2c([C@H]3O[C@@H](CO)[C@H](O)[C@@H]3O)c(Cl)c(Cl)cc2[nH]1. The van der Waals surface area contributed by atoms with Gasteiger partial charge >= 0.3 is 0 Å². The second-order valence-corrected chi connectivity index (χ2v) is 6.91. The molecule has 1 aromatic heterocycles. The molecule has 0 spiro atoms. The van der Waals surface area contributed by atoms with Crippen molar-refractivity contribution in [3.63, 3.8) is 0 Å². The molecule has 1 aromatic carbocycles. The van der Waals surface area contributed by atoms with Gasteiger partial charge in [0, 0.05) is 11.6 Å². The van der Waals surface area contributed by atoms with Gasteiger partial charge in [-0.2, -0.15) is 0 Å². The second-order valence-electron chi connectivity index (χ2n) is 6.13. The van der Waals surface area contributed by atoms with Crippen LogP contribution in [0.25, 0.3) is 11.0 Å². The van der Waals surface area contributed by atoms with Crippen LogP contribution in [0.5, 0.6) is 0 Å². The van der Waals surface area contributed by atoms with Crippen molar-refractivity contribution in [2.24, 2.45) is 0 Å². The van der Waals surface area contributed by atoms with E-state index >= 15 is 0 Å². The third-order valence-electron chi connectivity index (χ3n) is 3.96. The minimum Gasteiger partial charge on any atom is -0.394 e. The molecule has 3 rings (SSSR count). The third kappa shape index (κ3) is 2.96. The molecular weight excluding hydrogens is 357 g/mol. The zero-order valence-corrected chi connectivity index (χ0v) is 14.6. The van der Waals surface area contributed by atoms with E-state index in [0.29, 0.717) is 22.5 Å². The van der Waals surface area contributed by atoms with Crippen molar-refractivity contribution in [1.82, 2.24) is 9.97 Å². The quantitative estimate of drug-likeness (QED) is 0.557. The molecular formula is C15H19Cl2N3O4. The van der Waals surface area contributed by atoms with Crippen LogP contribution >= 0.6 is 23.2 Å². The Hall–Kier alpha value is -1.09. The zero-order valence-electron chi connectivity index (χ0n) is 13.1. The second kappa shape index (κ2) is 6.67. The molecule has 24 heavy (non-hydrogen) atoms. The number of rotatable bonds is 4. The maximum absolute atomic E-state index is 10.3. The molecule has 2 aromatic rings. The fraction of sp³-hybridized carbons (Fsp3) is 0.533. The Labute approximate surface area is 148 Å². The highest BCUT2D eigenvalue weighted by molar-refractivity contribution is 6.43. The number of nitrogens with one attached hydrogen (secondary N) is 2. The molecule has 1 aliphatic heterocycles. The highest BCUT2D eigenvalue weighted by Gasteiger charge is 2.45. The number of aliphatic hydroxyl groups is 3. The van der Waals surface area contributed by atoms with E-state index in [1.54, 1.807) is 6.07 Å². The largest absolute Gasteiger partial charge is 0.394 e. The number of hydrogen-bond acceptors (Lipinski definition) is 6. The van der Waals surface area contributed by atoms with E-state index in [2.05, 4.69) is 15.3 Å². The number of imidazole rings is 1. The Bertz CT molecular complexity index is 752. The fourth-order valence-corrected chi connectivity index (χ4v) is 3.32. The van der Waals surface area contributed by atoms with E-state index in [0.717, 1.165) is 0 Å². The van der Waals surface area contributed by atoms with Gasteiger partial charge in [-0.3, -0.25) is 0 Å². The molecule has 2 heterocycles. The summed E-state index contributed by atoms with van der Waals surface area (Å²) < 4.78 is 5.59. The predicted molar refractivity (Wildman–Crippen MR) is 91.6 cm³/mol. The van der Waals surface area contributed by atoms with Gasteiger partial charge in [-0.05, 0) is 19.9 Å². The monoisotopic (exact) mass is 375 g/mol. The van der Waals surface area contributed by atoms with Crippen LogP contribution < -0.4 is 5.32 Å². The van der Waals surface area contributed by atoms with Crippen LogP contribution in [0.1, 0.15) is 25.5 Å². The lowest BCUT2D eigenvalue weighted by Gasteiger charge is -2.17.